The van der Waals surface area contributed by atoms with Crippen molar-refractivity contribution >= 4 is 21.6 Å². The van der Waals surface area contributed by atoms with Gasteiger partial charge in [0.2, 0.25) is 10.0 Å². The van der Waals surface area contributed by atoms with Crippen LogP contribution in [0.5, 0.6) is 0 Å². The molecule has 162 valence electrons. The fourth-order valence-corrected chi connectivity index (χ4v) is 5.31. The molecule has 1 heterocycles. The molecule has 1 atom stereocenters. The molecule has 0 radical (unpaired) electrons. The summed E-state index contributed by atoms with van der Waals surface area (Å²) < 4.78 is 33.3. The number of amides is 1. The number of ether oxygens (including phenoxy) is 1. The molecule has 1 aliphatic rings. The van der Waals surface area contributed by atoms with Crippen LogP contribution >= 0.6 is 0 Å². The third kappa shape index (κ3) is 5.47. The molecule has 1 aliphatic heterocycles. The average molecular weight is 431 g/mol. The van der Waals surface area contributed by atoms with Gasteiger partial charge in [-0.05, 0) is 69.5 Å². The maximum atomic E-state index is 13.1. The molecule has 0 aromatic heterocycles. The number of carbonyl (C=O) groups excluding carboxylic acids is 1. The van der Waals surface area contributed by atoms with Crippen LogP contribution in [0, 0.1) is 0 Å². The predicted molar refractivity (Wildman–Crippen MR) is 118 cm³/mol. The van der Waals surface area contributed by atoms with Crippen LogP contribution in [0.15, 0.2) is 53.4 Å². The second kappa shape index (κ2) is 9.73. The largest absolute Gasteiger partial charge is 0.374 e. The van der Waals surface area contributed by atoms with E-state index in [0.29, 0.717) is 24.4 Å². The van der Waals surface area contributed by atoms with Gasteiger partial charge in [-0.2, -0.15) is 4.31 Å². The number of anilines is 1. The molecule has 7 heteroatoms. The van der Waals surface area contributed by atoms with Gasteiger partial charge in [-0.1, -0.05) is 24.6 Å². The standard InChI is InChI=1S/C23H30N2O4S/c1-17(2)29-16-19-9-6-11-21(14-19)24-23(26)20-10-7-12-22(15-20)30(27,28)25-13-5-4-8-18(25)3/h6-7,9-12,14-15,17-18H,4-5,8,13,16H2,1-3H3,(H,24,26). The third-order valence-electron chi connectivity index (χ3n) is 5.21. The molecule has 2 aromatic carbocycles. The summed E-state index contributed by atoms with van der Waals surface area (Å²) in [5.41, 5.74) is 1.91. The van der Waals surface area contributed by atoms with Gasteiger partial charge in [-0.25, -0.2) is 8.42 Å². The maximum Gasteiger partial charge on any atom is 0.255 e. The number of benzene rings is 2. The summed E-state index contributed by atoms with van der Waals surface area (Å²) in [5.74, 6) is -0.347. The van der Waals surface area contributed by atoms with Gasteiger partial charge in [0.15, 0.2) is 0 Å². The summed E-state index contributed by atoms with van der Waals surface area (Å²) in [5, 5.41) is 2.85. The summed E-state index contributed by atoms with van der Waals surface area (Å²) in [7, 11) is -3.63. The van der Waals surface area contributed by atoms with Crippen molar-refractivity contribution in [3.05, 3.63) is 59.7 Å². The Balaban J connectivity index is 1.76. The van der Waals surface area contributed by atoms with E-state index in [-0.39, 0.29) is 22.9 Å². The first-order valence-electron chi connectivity index (χ1n) is 10.4. The van der Waals surface area contributed by atoms with E-state index in [1.165, 1.54) is 6.07 Å². The van der Waals surface area contributed by atoms with E-state index in [2.05, 4.69) is 5.32 Å². The Bertz CT molecular complexity index is 988. The highest BCUT2D eigenvalue weighted by atomic mass is 32.2. The van der Waals surface area contributed by atoms with Crippen LogP contribution in [-0.2, 0) is 21.4 Å². The summed E-state index contributed by atoms with van der Waals surface area (Å²) in [6.45, 7) is 6.85. The molecule has 0 aliphatic carbocycles. The van der Waals surface area contributed by atoms with E-state index in [1.54, 1.807) is 28.6 Å². The minimum Gasteiger partial charge on any atom is -0.374 e. The molecular weight excluding hydrogens is 400 g/mol. The van der Waals surface area contributed by atoms with E-state index in [4.69, 9.17) is 4.74 Å². The second-order valence-electron chi connectivity index (χ2n) is 8.00. The van der Waals surface area contributed by atoms with E-state index in [9.17, 15) is 13.2 Å². The number of rotatable bonds is 7. The number of carbonyl (C=O) groups is 1. The molecule has 0 saturated carbocycles. The molecule has 1 fully saturated rings. The molecule has 0 spiro atoms. The lowest BCUT2D eigenvalue weighted by atomic mass is 10.1. The fraction of sp³-hybridized carbons (Fsp3) is 0.435. The van der Waals surface area contributed by atoms with Crippen molar-refractivity contribution in [2.75, 3.05) is 11.9 Å². The van der Waals surface area contributed by atoms with E-state index in [0.717, 1.165) is 24.8 Å². The van der Waals surface area contributed by atoms with E-state index in [1.807, 2.05) is 39.0 Å². The molecule has 1 amide bonds. The molecule has 1 saturated heterocycles. The van der Waals surface area contributed by atoms with Crippen molar-refractivity contribution < 1.29 is 17.9 Å². The van der Waals surface area contributed by atoms with Crippen LogP contribution in [0.25, 0.3) is 0 Å². The minimum absolute atomic E-state index is 0.0305. The SMILES string of the molecule is CC(C)OCc1cccc(NC(=O)c2cccc(S(=O)(=O)N3CCCCC3C)c2)c1. The molecular formula is C23H30N2O4S. The van der Waals surface area contributed by atoms with E-state index >= 15 is 0 Å². The normalized spacial score (nSPS) is 17.8. The van der Waals surface area contributed by atoms with Gasteiger partial charge < -0.3 is 10.1 Å². The van der Waals surface area contributed by atoms with Crippen molar-refractivity contribution in [1.29, 1.82) is 0 Å². The summed E-state index contributed by atoms with van der Waals surface area (Å²) in [6.07, 6.45) is 2.88. The number of nitrogens with one attached hydrogen (secondary N) is 1. The highest BCUT2D eigenvalue weighted by molar-refractivity contribution is 7.89. The quantitative estimate of drug-likeness (QED) is 0.705. The Morgan fingerprint density at radius 3 is 2.67 bits per heavy atom. The number of piperidine rings is 1. The van der Waals surface area contributed by atoms with Crippen LogP contribution in [0.4, 0.5) is 5.69 Å². The van der Waals surface area contributed by atoms with Gasteiger partial charge in [-0.15, -0.1) is 0 Å². The smallest absolute Gasteiger partial charge is 0.255 e. The molecule has 1 N–H and O–H groups in total. The molecule has 6 nitrogen and oxygen atoms in total. The summed E-state index contributed by atoms with van der Waals surface area (Å²) >= 11 is 0. The Morgan fingerprint density at radius 2 is 1.93 bits per heavy atom. The van der Waals surface area contributed by atoms with Gasteiger partial charge in [0.1, 0.15) is 0 Å². The summed E-state index contributed by atoms with van der Waals surface area (Å²) in [4.78, 5) is 12.9. The second-order valence-corrected chi connectivity index (χ2v) is 9.89. The molecule has 2 aromatic rings. The van der Waals surface area contributed by atoms with Crippen LogP contribution < -0.4 is 5.32 Å². The summed E-state index contributed by atoms with van der Waals surface area (Å²) in [6, 6.07) is 13.7. The number of sulfonamides is 1. The number of nitrogens with zero attached hydrogens (tertiary/aromatic N) is 1. The lowest BCUT2D eigenvalue weighted by Gasteiger charge is -2.32. The Kier molecular flexibility index (Phi) is 7.28. The zero-order valence-corrected chi connectivity index (χ0v) is 18.6. The molecule has 30 heavy (non-hydrogen) atoms. The molecule has 3 rings (SSSR count). The first-order valence-corrected chi connectivity index (χ1v) is 11.8. The first kappa shape index (κ1) is 22.5. The monoisotopic (exact) mass is 430 g/mol. The predicted octanol–water partition coefficient (Wildman–Crippen LogP) is 4.43. The third-order valence-corrected chi connectivity index (χ3v) is 7.22. The van der Waals surface area contributed by atoms with Crippen molar-refractivity contribution in [3.63, 3.8) is 0 Å². The topological polar surface area (TPSA) is 75.7 Å². The van der Waals surface area contributed by atoms with Crippen molar-refractivity contribution in [2.45, 2.75) is 63.7 Å². The van der Waals surface area contributed by atoms with Crippen LogP contribution in [0.1, 0.15) is 56.0 Å². The van der Waals surface area contributed by atoms with Crippen LogP contribution in [-0.4, -0.2) is 37.3 Å². The zero-order valence-electron chi connectivity index (χ0n) is 17.8. The first-order chi connectivity index (χ1) is 14.3. The fourth-order valence-electron chi connectivity index (χ4n) is 3.57. The van der Waals surface area contributed by atoms with E-state index < -0.39 is 10.0 Å². The lowest BCUT2D eigenvalue weighted by molar-refractivity contribution is 0.0657. The van der Waals surface area contributed by atoms with Crippen LogP contribution in [0.2, 0.25) is 0 Å². The zero-order chi connectivity index (χ0) is 21.7. The Labute approximate surface area is 179 Å². The van der Waals surface area contributed by atoms with Gasteiger partial charge in [0.05, 0.1) is 17.6 Å². The van der Waals surface area contributed by atoms with Crippen molar-refractivity contribution in [2.24, 2.45) is 0 Å². The average Bonchev–Trinajstić information content (AvgIpc) is 2.73. The lowest BCUT2D eigenvalue weighted by Crippen LogP contribution is -2.41. The molecule has 1 unspecified atom stereocenters. The van der Waals surface area contributed by atoms with Gasteiger partial charge in [-0.3, -0.25) is 4.79 Å². The van der Waals surface area contributed by atoms with Crippen molar-refractivity contribution in [1.82, 2.24) is 4.31 Å². The van der Waals surface area contributed by atoms with Gasteiger partial charge >= 0.3 is 0 Å². The number of hydrogen-bond acceptors (Lipinski definition) is 4. The van der Waals surface area contributed by atoms with Crippen molar-refractivity contribution in [3.8, 4) is 0 Å². The highest BCUT2D eigenvalue weighted by Crippen LogP contribution is 2.26. The minimum atomic E-state index is -3.63. The van der Waals surface area contributed by atoms with Gasteiger partial charge in [0, 0.05) is 23.8 Å². The maximum absolute atomic E-state index is 13.1. The Hall–Kier alpha value is -2.22. The van der Waals surface area contributed by atoms with Crippen LogP contribution in [0.3, 0.4) is 0 Å². The van der Waals surface area contributed by atoms with Gasteiger partial charge in [0.25, 0.3) is 5.91 Å². The molecule has 0 bridgehead atoms. The number of hydrogen-bond donors (Lipinski definition) is 1. The highest BCUT2D eigenvalue weighted by Gasteiger charge is 2.31. The Morgan fingerprint density at radius 1 is 1.17 bits per heavy atom.